The number of hydroxylamine groups is 2. The average Bonchev–Trinajstić information content (AvgIpc) is 2.35. The summed E-state index contributed by atoms with van der Waals surface area (Å²) in [5.41, 5.74) is 0.412. The highest BCUT2D eigenvalue weighted by molar-refractivity contribution is 5.91. The first kappa shape index (κ1) is 12.2. The molecule has 0 aliphatic rings. The lowest BCUT2D eigenvalue weighted by atomic mass is 10.2. The van der Waals surface area contributed by atoms with Crippen molar-refractivity contribution in [2.45, 2.75) is 0 Å². The zero-order chi connectivity index (χ0) is 12.0. The van der Waals surface area contributed by atoms with Crippen LogP contribution in [0.15, 0.2) is 30.3 Å². The summed E-state index contributed by atoms with van der Waals surface area (Å²) in [7, 11) is 2.80. The van der Waals surface area contributed by atoms with Crippen LogP contribution in [0.1, 0.15) is 10.4 Å². The van der Waals surface area contributed by atoms with Crippen LogP contribution < -0.4 is 0 Å². The monoisotopic (exact) mass is 223 g/mol. The third-order valence-corrected chi connectivity index (χ3v) is 1.96. The van der Waals surface area contributed by atoms with E-state index in [0.29, 0.717) is 5.56 Å². The Morgan fingerprint density at radius 2 is 1.88 bits per heavy atom. The van der Waals surface area contributed by atoms with Crippen molar-refractivity contribution in [1.29, 1.82) is 0 Å². The molecule has 5 heteroatoms. The second kappa shape index (κ2) is 5.87. The predicted molar refractivity (Wildman–Crippen MR) is 56.5 cm³/mol. The molecule has 0 atom stereocenters. The second-order valence-corrected chi connectivity index (χ2v) is 3.02. The van der Waals surface area contributed by atoms with Crippen molar-refractivity contribution in [1.82, 2.24) is 5.06 Å². The minimum absolute atomic E-state index is 0.335. The number of benzene rings is 1. The molecule has 0 heterocycles. The smallest absolute Gasteiger partial charge is 0.338 e. The normalized spacial score (nSPS) is 9.62. The number of nitrogens with zero attached hydrogens (tertiary/aromatic N) is 1. The number of carbonyl (C=O) groups is 2. The van der Waals surface area contributed by atoms with Crippen LogP contribution >= 0.6 is 0 Å². The molecular weight excluding hydrogens is 210 g/mol. The fourth-order valence-corrected chi connectivity index (χ4v) is 0.978. The molecule has 86 valence electrons. The van der Waals surface area contributed by atoms with Crippen LogP contribution in [0.25, 0.3) is 0 Å². The maximum absolute atomic E-state index is 11.4. The highest BCUT2D eigenvalue weighted by atomic mass is 16.7. The summed E-state index contributed by atoms with van der Waals surface area (Å²) in [6, 6.07) is 8.47. The van der Waals surface area contributed by atoms with Crippen LogP contribution in [0.4, 0.5) is 0 Å². The van der Waals surface area contributed by atoms with E-state index < -0.39 is 11.9 Å². The summed E-state index contributed by atoms with van der Waals surface area (Å²) < 4.78 is 4.80. The standard InChI is InChI=1S/C11H13NO4/c1-12(15-2)10(13)8-16-11(14)9-6-4-3-5-7-9/h3-7H,8H2,1-2H3. The topological polar surface area (TPSA) is 55.8 Å². The van der Waals surface area contributed by atoms with E-state index in [1.807, 2.05) is 0 Å². The van der Waals surface area contributed by atoms with Gasteiger partial charge in [0.2, 0.25) is 0 Å². The van der Waals surface area contributed by atoms with Crippen molar-refractivity contribution in [3.05, 3.63) is 35.9 Å². The van der Waals surface area contributed by atoms with Gasteiger partial charge in [-0.15, -0.1) is 0 Å². The molecule has 5 nitrogen and oxygen atoms in total. The Morgan fingerprint density at radius 3 is 2.44 bits per heavy atom. The predicted octanol–water partition coefficient (Wildman–Crippen LogP) is 0.863. The molecule has 1 aromatic rings. The van der Waals surface area contributed by atoms with Gasteiger partial charge in [-0.2, -0.15) is 0 Å². The number of hydrogen-bond donors (Lipinski definition) is 0. The Hall–Kier alpha value is -1.88. The van der Waals surface area contributed by atoms with Crippen molar-refractivity contribution in [3.63, 3.8) is 0 Å². The van der Waals surface area contributed by atoms with Gasteiger partial charge in [-0.3, -0.25) is 9.63 Å². The molecule has 0 saturated carbocycles. The third-order valence-electron chi connectivity index (χ3n) is 1.96. The zero-order valence-electron chi connectivity index (χ0n) is 9.17. The van der Waals surface area contributed by atoms with Crippen molar-refractivity contribution >= 4 is 11.9 Å². The summed E-state index contributed by atoms with van der Waals surface area (Å²) in [6.45, 7) is -0.335. The van der Waals surface area contributed by atoms with Crippen LogP contribution in [0.2, 0.25) is 0 Å². The van der Waals surface area contributed by atoms with E-state index in [-0.39, 0.29) is 6.61 Å². The van der Waals surface area contributed by atoms with Gasteiger partial charge in [0.1, 0.15) is 0 Å². The average molecular weight is 223 g/mol. The highest BCUT2D eigenvalue weighted by Gasteiger charge is 2.12. The molecule has 0 bridgehead atoms. The van der Waals surface area contributed by atoms with Gasteiger partial charge in [-0.1, -0.05) is 18.2 Å². The van der Waals surface area contributed by atoms with Crippen molar-refractivity contribution in [3.8, 4) is 0 Å². The van der Waals surface area contributed by atoms with E-state index in [4.69, 9.17) is 4.74 Å². The molecule has 0 N–H and O–H groups in total. The fourth-order valence-electron chi connectivity index (χ4n) is 0.978. The summed E-state index contributed by atoms with van der Waals surface area (Å²) in [6.07, 6.45) is 0. The lowest BCUT2D eigenvalue weighted by Crippen LogP contribution is -2.30. The van der Waals surface area contributed by atoms with E-state index in [0.717, 1.165) is 5.06 Å². The minimum atomic E-state index is -0.529. The summed E-state index contributed by atoms with van der Waals surface area (Å²) in [5, 5.41) is 0.998. The molecule has 16 heavy (non-hydrogen) atoms. The van der Waals surface area contributed by atoms with Crippen LogP contribution in [0.5, 0.6) is 0 Å². The van der Waals surface area contributed by atoms with Crippen molar-refractivity contribution < 1.29 is 19.2 Å². The molecule has 0 radical (unpaired) electrons. The zero-order valence-corrected chi connectivity index (χ0v) is 9.17. The van der Waals surface area contributed by atoms with E-state index in [2.05, 4.69) is 4.84 Å². The summed E-state index contributed by atoms with van der Waals surface area (Å²) in [5.74, 6) is -0.953. The lowest BCUT2D eigenvalue weighted by molar-refractivity contribution is -0.171. The minimum Gasteiger partial charge on any atom is -0.452 e. The Morgan fingerprint density at radius 1 is 1.25 bits per heavy atom. The number of carbonyl (C=O) groups excluding carboxylic acids is 2. The molecule has 0 fully saturated rings. The van der Waals surface area contributed by atoms with Gasteiger partial charge >= 0.3 is 5.97 Å². The number of rotatable bonds is 4. The third kappa shape index (κ3) is 3.36. The van der Waals surface area contributed by atoms with E-state index >= 15 is 0 Å². The number of esters is 1. The Balaban J connectivity index is 2.45. The fraction of sp³-hybridized carbons (Fsp3) is 0.273. The first-order chi connectivity index (χ1) is 7.65. The van der Waals surface area contributed by atoms with Gasteiger partial charge < -0.3 is 4.74 Å². The molecular formula is C11H13NO4. The van der Waals surface area contributed by atoms with Crippen molar-refractivity contribution in [2.24, 2.45) is 0 Å². The maximum Gasteiger partial charge on any atom is 0.338 e. The Kier molecular flexibility index (Phi) is 4.47. The second-order valence-electron chi connectivity index (χ2n) is 3.02. The molecule has 0 unspecified atom stereocenters. The van der Waals surface area contributed by atoms with Crippen LogP contribution in [0, 0.1) is 0 Å². The van der Waals surface area contributed by atoms with Gasteiger partial charge in [0.05, 0.1) is 12.7 Å². The first-order valence-electron chi connectivity index (χ1n) is 4.68. The number of ether oxygens (including phenoxy) is 1. The summed E-state index contributed by atoms with van der Waals surface area (Å²) in [4.78, 5) is 27.3. The van der Waals surface area contributed by atoms with Crippen LogP contribution in [-0.2, 0) is 14.4 Å². The largest absolute Gasteiger partial charge is 0.452 e. The molecule has 0 aliphatic heterocycles. The number of hydrogen-bond acceptors (Lipinski definition) is 4. The maximum atomic E-state index is 11.4. The van der Waals surface area contributed by atoms with E-state index in [9.17, 15) is 9.59 Å². The van der Waals surface area contributed by atoms with Gasteiger partial charge in [0, 0.05) is 7.05 Å². The highest BCUT2D eigenvalue weighted by Crippen LogP contribution is 2.01. The Bertz CT molecular complexity index is 364. The van der Waals surface area contributed by atoms with Crippen molar-refractivity contribution in [2.75, 3.05) is 20.8 Å². The molecule has 1 amide bonds. The molecule has 0 aromatic heterocycles. The molecule has 0 aliphatic carbocycles. The van der Waals surface area contributed by atoms with Crippen LogP contribution in [-0.4, -0.2) is 37.7 Å². The molecule has 0 saturated heterocycles. The van der Waals surface area contributed by atoms with E-state index in [1.165, 1.54) is 14.2 Å². The molecule has 0 spiro atoms. The number of amides is 1. The quantitative estimate of drug-likeness (QED) is 0.561. The van der Waals surface area contributed by atoms with Gasteiger partial charge in [0.15, 0.2) is 6.61 Å². The number of likely N-dealkylation sites (N-methyl/N-ethyl adjacent to an activating group) is 1. The van der Waals surface area contributed by atoms with Gasteiger partial charge in [-0.05, 0) is 12.1 Å². The summed E-state index contributed by atoms with van der Waals surface area (Å²) >= 11 is 0. The van der Waals surface area contributed by atoms with E-state index in [1.54, 1.807) is 30.3 Å². The Labute approximate surface area is 93.5 Å². The van der Waals surface area contributed by atoms with Gasteiger partial charge in [0.25, 0.3) is 5.91 Å². The van der Waals surface area contributed by atoms with Gasteiger partial charge in [-0.25, -0.2) is 9.86 Å². The van der Waals surface area contributed by atoms with Crippen LogP contribution in [0.3, 0.4) is 0 Å². The lowest BCUT2D eigenvalue weighted by Gasteiger charge is -2.13. The molecule has 1 rings (SSSR count). The molecule has 1 aromatic carbocycles. The SMILES string of the molecule is CON(C)C(=O)COC(=O)c1ccccc1. The first-order valence-corrected chi connectivity index (χ1v) is 4.68.